The van der Waals surface area contributed by atoms with Crippen molar-refractivity contribution in [2.45, 2.75) is 5.88 Å². The number of benzene rings is 1. The third-order valence-corrected chi connectivity index (χ3v) is 2.68. The fourth-order valence-electron chi connectivity index (χ4n) is 1.52. The van der Waals surface area contributed by atoms with Crippen LogP contribution in [0.25, 0.3) is 0 Å². The quantitative estimate of drug-likeness (QED) is 0.784. The second-order valence-corrected chi connectivity index (χ2v) is 3.75. The lowest BCUT2D eigenvalue weighted by atomic mass is 10.3. The van der Waals surface area contributed by atoms with Crippen molar-refractivity contribution in [2.24, 2.45) is 0 Å². The van der Waals surface area contributed by atoms with E-state index in [-0.39, 0.29) is 0 Å². The van der Waals surface area contributed by atoms with Crippen LogP contribution in [-0.2, 0) is 5.88 Å². The highest BCUT2D eigenvalue weighted by molar-refractivity contribution is 6.16. The van der Waals surface area contributed by atoms with Crippen LogP contribution in [0.1, 0.15) is 5.69 Å². The van der Waals surface area contributed by atoms with Crippen LogP contribution in [0.15, 0.2) is 34.9 Å². The number of rotatable bonds is 4. The molecule has 0 aliphatic heterocycles. The van der Waals surface area contributed by atoms with Crippen LogP contribution >= 0.6 is 11.6 Å². The Bertz CT molecular complexity index is 499. The minimum absolute atomic E-state index is 0.337. The van der Waals surface area contributed by atoms with Crippen LogP contribution < -0.4 is 9.64 Å². The molecule has 5 heteroatoms. The summed E-state index contributed by atoms with van der Waals surface area (Å²) in [5, 5.41) is 0. The summed E-state index contributed by atoms with van der Waals surface area (Å²) in [6.45, 7) is 0. The monoisotopic (exact) mass is 252 g/mol. The van der Waals surface area contributed by atoms with Gasteiger partial charge in [0.25, 0.3) is 0 Å². The average molecular weight is 253 g/mol. The van der Waals surface area contributed by atoms with Gasteiger partial charge in [-0.25, -0.2) is 0 Å². The maximum atomic E-state index is 5.68. The highest BCUT2D eigenvalue weighted by Gasteiger charge is 2.14. The number of hydrogen-bond acceptors (Lipinski definition) is 4. The van der Waals surface area contributed by atoms with E-state index < -0.39 is 0 Å². The second-order valence-electron chi connectivity index (χ2n) is 3.49. The van der Waals surface area contributed by atoms with Crippen molar-refractivity contribution in [1.82, 2.24) is 4.98 Å². The molecule has 0 atom stereocenters. The largest absolute Gasteiger partial charge is 0.495 e. The molecular formula is C12H13ClN2O2. The van der Waals surface area contributed by atoms with Gasteiger partial charge in [-0.05, 0) is 12.1 Å². The fraction of sp³-hybridized carbons (Fsp3) is 0.250. The molecule has 1 aromatic heterocycles. The van der Waals surface area contributed by atoms with Crippen molar-refractivity contribution in [1.29, 1.82) is 0 Å². The number of oxazole rings is 1. The molecule has 0 saturated heterocycles. The molecule has 0 spiro atoms. The molecule has 17 heavy (non-hydrogen) atoms. The van der Waals surface area contributed by atoms with Gasteiger partial charge in [0.1, 0.15) is 12.0 Å². The molecule has 2 aromatic rings. The van der Waals surface area contributed by atoms with Gasteiger partial charge in [-0.2, -0.15) is 4.98 Å². The maximum absolute atomic E-state index is 5.68. The maximum Gasteiger partial charge on any atom is 0.301 e. The van der Waals surface area contributed by atoms with Gasteiger partial charge >= 0.3 is 6.01 Å². The van der Waals surface area contributed by atoms with Crippen LogP contribution in [0, 0.1) is 0 Å². The van der Waals surface area contributed by atoms with E-state index >= 15 is 0 Å². The fourth-order valence-corrected chi connectivity index (χ4v) is 1.64. The van der Waals surface area contributed by atoms with E-state index in [9.17, 15) is 0 Å². The number of ether oxygens (including phenoxy) is 1. The van der Waals surface area contributed by atoms with Gasteiger partial charge in [-0.1, -0.05) is 12.1 Å². The van der Waals surface area contributed by atoms with Gasteiger partial charge in [0, 0.05) is 7.05 Å². The summed E-state index contributed by atoms with van der Waals surface area (Å²) < 4.78 is 10.6. The highest BCUT2D eigenvalue weighted by Crippen LogP contribution is 2.31. The van der Waals surface area contributed by atoms with Crippen LogP contribution in [0.4, 0.5) is 11.7 Å². The van der Waals surface area contributed by atoms with E-state index in [1.807, 2.05) is 36.2 Å². The Morgan fingerprint density at radius 3 is 2.82 bits per heavy atom. The normalized spacial score (nSPS) is 10.3. The average Bonchev–Trinajstić information content (AvgIpc) is 2.86. The zero-order valence-electron chi connectivity index (χ0n) is 9.68. The number of alkyl halides is 1. The molecular weight excluding hydrogens is 240 g/mol. The number of nitrogens with zero attached hydrogens (tertiary/aromatic N) is 2. The van der Waals surface area contributed by atoms with Crippen molar-refractivity contribution in [3.05, 3.63) is 36.2 Å². The van der Waals surface area contributed by atoms with Crippen molar-refractivity contribution < 1.29 is 9.15 Å². The summed E-state index contributed by atoms with van der Waals surface area (Å²) in [5.41, 5.74) is 1.60. The van der Waals surface area contributed by atoms with Crippen LogP contribution in [-0.4, -0.2) is 19.1 Å². The summed E-state index contributed by atoms with van der Waals surface area (Å²) in [6, 6.07) is 8.15. The predicted molar refractivity (Wildman–Crippen MR) is 67.1 cm³/mol. The summed E-state index contributed by atoms with van der Waals surface area (Å²) in [4.78, 5) is 6.07. The lowest BCUT2D eigenvalue weighted by Gasteiger charge is -2.17. The van der Waals surface area contributed by atoms with Crippen molar-refractivity contribution in [3.8, 4) is 5.75 Å². The third kappa shape index (κ3) is 2.36. The summed E-state index contributed by atoms with van der Waals surface area (Å²) >= 11 is 5.68. The first kappa shape index (κ1) is 11.8. The Balaban J connectivity index is 2.32. The third-order valence-electron chi connectivity index (χ3n) is 2.41. The molecule has 0 aliphatic carbocycles. The zero-order valence-corrected chi connectivity index (χ0v) is 10.4. The van der Waals surface area contributed by atoms with Crippen LogP contribution in [0.5, 0.6) is 5.75 Å². The molecule has 0 unspecified atom stereocenters. The Kier molecular flexibility index (Phi) is 3.54. The van der Waals surface area contributed by atoms with E-state index in [4.69, 9.17) is 20.8 Å². The standard InChI is InChI=1S/C12H13ClN2O2/c1-15(12-14-9(7-13)8-17-12)10-5-3-4-6-11(10)16-2/h3-6,8H,7H2,1-2H3. The molecule has 4 nitrogen and oxygen atoms in total. The van der Waals surface area contributed by atoms with Gasteiger partial charge in [-0.15, -0.1) is 11.6 Å². The molecule has 1 aromatic carbocycles. The number of methoxy groups -OCH3 is 1. The van der Waals surface area contributed by atoms with Crippen molar-refractivity contribution >= 4 is 23.3 Å². The topological polar surface area (TPSA) is 38.5 Å². The zero-order chi connectivity index (χ0) is 12.3. The molecule has 0 aliphatic rings. The number of para-hydroxylation sites is 2. The molecule has 0 fully saturated rings. The number of halogens is 1. The smallest absolute Gasteiger partial charge is 0.301 e. The Morgan fingerprint density at radius 2 is 2.18 bits per heavy atom. The van der Waals surface area contributed by atoms with Gasteiger partial charge < -0.3 is 9.15 Å². The Labute approximate surface area is 105 Å². The minimum atomic E-state index is 0.337. The minimum Gasteiger partial charge on any atom is -0.495 e. The van der Waals surface area contributed by atoms with Gasteiger partial charge in [0.05, 0.1) is 24.4 Å². The van der Waals surface area contributed by atoms with Gasteiger partial charge in [0.15, 0.2) is 0 Å². The predicted octanol–water partition coefficient (Wildman–Crippen LogP) is 3.19. The van der Waals surface area contributed by atoms with E-state index in [2.05, 4.69) is 4.98 Å². The first-order chi connectivity index (χ1) is 8.26. The van der Waals surface area contributed by atoms with Crippen molar-refractivity contribution in [3.63, 3.8) is 0 Å². The van der Waals surface area contributed by atoms with Crippen molar-refractivity contribution in [2.75, 3.05) is 19.1 Å². The SMILES string of the molecule is COc1ccccc1N(C)c1nc(CCl)co1. The van der Waals surface area contributed by atoms with Gasteiger partial charge in [0.2, 0.25) is 0 Å². The molecule has 1 heterocycles. The molecule has 0 radical (unpaired) electrons. The number of anilines is 2. The molecule has 0 amide bonds. The summed E-state index contributed by atoms with van der Waals surface area (Å²) in [5.74, 6) is 1.10. The van der Waals surface area contributed by atoms with E-state index in [0.717, 1.165) is 11.4 Å². The molecule has 90 valence electrons. The Hall–Kier alpha value is -1.68. The number of aromatic nitrogens is 1. The first-order valence-corrected chi connectivity index (χ1v) is 5.67. The number of hydrogen-bond donors (Lipinski definition) is 0. The molecule has 0 N–H and O–H groups in total. The van der Waals surface area contributed by atoms with E-state index in [0.29, 0.717) is 17.6 Å². The Morgan fingerprint density at radius 1 is 1.41 bits per heavy atom. The second kappa shape index (κ2) is 5.10. The van der Waals surface area contributed by atoms with Crippen LogP contribution in [0.2, 0.25) is 0 Å². The lowest BCUT2D eigenvalue weighted by Crippen LogP contribution is -2.11. The highest BCUT2D eigenvalue weighted by atomic mass is 35.5. The molecule has 2 rings (SSSR count). The van der Waals surface area contributed by atoms with Crippen LogP contribution in [0.3, 0.4) is 0 Å². The lowest BCUT2D eigenvalue weighted by molar-refractivity contribution is 0.415. The van der Waals surface area contributed by atoms with E-state index in [1.54, 1.807) is 13.4 Å². The first-order valence-electron chi connectivity index (χ1n) is 5.13. The van der Waals surface area contributed by atoms with E-state index in [1.165, 1.54) is 0 Å². The summed E-state index contributed by atoms with van der Waals surface area (Å²) in [7, 11) is 3.49. The van der Waals surface area contributed by atoms with Gasteiger partial charge in [-0.3, -0.25) is 4.90 Å². The molecule has 0 saturated carbocycles. The molecule has 0 bridgehead atoms. The summed E-state index contributed by atoms with van der Waals surface area (Å²) in [6.07, 6.45) is 1.55.